The second-order valence-corrected chi connectivity index (χ2v) is 7.78. The van der Waals surface area contributed by atoms with E-state index in [9.17, 15) is 8.42 Å². The average Bonchev–Trinajstić information content (AvgIpc) is 3.30. The highest BCUT2D eigenvalue weighted by Gasteiger charge is 2.23. The summed E-state index contributed by atoms with van der Waals surface area (Å²) in [6.07, 6.45) is 9.42. The number of pyridine rings is 1. The summed E-state index contributed by atoms with van der Waals surface area (Å²) < 4.78 is 27.4. The molecule has 1 aromatic rings. The maximum Gasteiger partial charge on any atom is 0.258 e. The van der Waals surface area contributed by atoms with Crippen molar-refractivity contribution in [2.24, 2.45) is 0 Å². The van der Waals surface area contributed by atoms with Gasteiger partial charge in [0.15, 0.2) is 5.03 Å². The van der Waals surface area contributed by atoms with Crippen LogP contribution >= 0.6 is 0 Å². The smallest absolute Gasteiger partial charge is 0.258 e. The van der Waals surface area contributed by atoms with Crippen LogP contribution in [0.2, 0.25) is 0 Å². The summed E-state index contributed by atoms with van der Waals surface area (Å²) in [6, 6.07) is 4.16. The number of hydrogen-bond acceptors (Lipinski definition) is 4. The Kier molecular flexibility index (Phi) is 4.57. The van der Waals surface area contributed by atoms with E-state index in [1.54, 1.807) is 12.3 Å². The molecule has 0 aliphatic heterocycles. The molecule has 0 radical (unpaired) electrons. The third kappa shape index (κ3) is 4.25. The highest BCUT2D eigenvalue weighted by atomic mass is 32.2. The minimum absolute atomic E-state index is 0.0711. The predicted octanol–water partition coefficient (Wildman–Crippen LogP) is 1.94. The van der Waals surface area contributed by atoms with Gasteiger partial charge in [-0.3, -0.25) is 0 Å². The molecule has 2 saturated carbocycles. The first-order valence-corrected chi connectivity index (χ1v) is 9.32. The van der Waals surface area contributed by atoms with Crippen molar-refractivity contribution in [3.63, 3.8) is 0 Å². The van der Waals surface area contributed by atoms with Crippen LogP contribution in [0.15, 0.2) is 23.4 Å². The lowest BCUT2D eigenvalue weighted by atomic mass is 9.96. The van der Waals surface area contributed by atoms with Gasteiger partial charge in [-0.1, -0.05) is 25.3 Å². The number of aromatic nitrogens is 1. The quantitative estimate of drug-likeness (QED) is 0.842. The van der Waals surface area contributed by atoms with E-state index in [2.05, 4.69) is 15.0 Å². The third-order valence-corrected chi connectivity index (χ3v) is 5.61. The molecule has 6 heteroatoms. The minimum atomic E-state index is -3.48. The zero-order valence-electron chi connectivity index (χ0n) is 12.2. The van der Waals surface area contributed by atoms with E-state index >= 15 is 0 Å². The second-order valence-electron chi connectivity index (χ2n) is 6.12. The summed E-state index contributed by atoms with van der Waals surface area (Å²) in [5.74, 6) is 0. The summed E-state index contributed by atoms with van der Waals surface area (Å²) in [6.45, 7) is 0.758. The van der Waals surface area contributed by atoms with Gasteiger partial charge >= 0.3 is 0 Å². The summed E-state index contributed by atoms with van der Waals surface area (Å²) in [4.78, 5) is 4.12. The lowest BCUT2D eigenvalue weighted by molar-refractivity contribution is 0.411. The highest BCUT2D eigenvalue weighted by molar-refractivity contribution is 7.89. The summed E-state index contributed by atoms with van der Waals surface area (Å²) in [7, 11) is -3.48. The maximum atomic E-state index is 12.3. The zero-order valence-corrected chi connectivity index (χ0v) is 13.0. The van der Waals surface area contributed by atoms with Crippen molar-refractivity contribution in [3.8, 4) is 0 Å². The van der Waals surface area contributed by atoms with Crippen LogP contribution in [-0.4, -0.2) is 25.5 Å². The molecule has 5 nitrogen and oxygen atoms in total. The van der Waals surface area contributed by atoms with Crippen molar-refractivity contribution in [2.45, 2.75) is 68.6 Å². The van der Waals surface area contributed by atoms with Gasteiger partial charge in [0.05, 0.1) is 0 Å². The third-order valence-electron chi connectivity index (χ3n) is 4.17. The summed E-state index contributed by atoms with van der Waals surface area (Å²) in [5, 5.41) is 3.52. The van der Waals surface area contributed by atoms with Crippen LogP contribution in [0, 0.1) is 0 Å². The molecule has 0 aromatic carbocycles. The Bertz CT molecular complexity index is 561. The normalized spacial score (nSPS) is 20.6. The van der Waals surface area contributed by atoms with E-state index < -0.39 is 10.0 Å². The van der Waals surface area contributed by atoms with Crippen LogP contribution in [0.4, 0.5) is 0 Å². The van der Waals surface area contributed by atoms with E-state index in [1.165, 1.54) is 19.3 Å². The lowest BCUT2D eigenvalue weighted by Crippen LogP contribution is -2.36. The van der Waals surface area contributed by atoms with Crippen molar-refractivity contribution in [2.75, 3.05) is 0 Å². The molecule has 2 aliphatic rings. The van der Waals surface area contributed by atoms with Gasteiger partial charge < -0.3 is 5.32 Å². The highest BCUT2D eigenvalue weighted by Crippen LogP contribution is 2.20. The van der Waals surface area contributed by atoms with E-state index in [4.69, 9.17) is 0 Å². The number of nitrogens with one attached hydrogen (secondary N) is 2. The molecule has 0 bridgehead atoms. The number of rotatable bonds is 6. The monoisotopic (exact) mass is 309 g/mol. The van der Waals surface area contributed by atoms with Crippen LogP contribution in [-0.2, 0) is 16.6 Å². The maximum absolute atomic E-state index is 12.3. The summed E-state index contributed by atoms with van der Waals surface area (Å²) in [5.41, 5.74) is 1.03. The van der Waals surface area contributed by atoms with Gasteiger partial charge in [0.25, 0.3) is 10.0 Å². The zero-order chi connectivity index (χ0) is 14.7. The van der Waals surface area contributed by atoms with Gasteiger partial charge in [0, 0.05) is 24.8 Å². The van der Waals surface area contributed by atoms with Gasteiger partial charge in [0.2, 0.25) is 0 Å². The largest absolute Gasteiger partial charge is 0.310 e. The first kappa shape index (κ1) is 14.9. The molecule has 0 unspecified atom stereocenters. The Morgan fingerprint density at radius 3 is 2.43 bits per heavy atom. The number of sulfonamides is 1. The molecule has 2 aliphatic carbocycles. The van der Waals surface area contributed by atoms with Crippen molar-refractivity contribution < 1.29 is 8.42 Å². The predicted molar refractivity (Wildman–Crippen MR) is 81.3 cm³/mol. The van der Waals surface area contributed by atoms with Crippen molar-refractivity contribution in [1.29, 1.82) is 0 Å². The molecule has 0 amide bonds. The average molecular weight is 309 g/mol. The van der Waals surface area contributed by atoms with E-state index in [1.807, 2.05) is 6.07 Å². The molecule has 116 valence electrons. The molecular weight excluding hydrogens is 286 g/mol. The Hall–Kier alpha value is -0.980. The second kappa shape index (κ2) is 6.42. The standard InChI is InChI=1S/C15H23N3O2S/c19-21(20,18-14-4-2-1-3-5-14)15-9-6-12(11-17-15)10-16-13-7-8-13/h6,9,11,13-14,16,18H,1-5,7-8,10H2. The Morgan fingerprint density at radius 1 is 1.05 bits per heavy atom. The Balaban J connectivity index is 1.60. The Morgan fingerprint density at radius 2 is 1.81 bits per heavy atom. The van der Waals surface area contributed by atoms with Gasteiger partial charge in [-0.15, -0.1) is 0 Å². The molecule has 0 saturated heterocycles. The lowest BCUT2D eigenvalue weighted by Gasteiger charge is -2.22. The van der Waals surface area contributed by atoms with Crippen LogP contribution in [0.5, 0.6) is 0 Å². The molecule has 1 aromatic heterocycles. The number of hydrogen-bond donors (Lipinski definition) is 2. The van der Waals surface area contributed by atoms with E-state index in [0.717, 1.165) is 37.8 Å². The van der Waals surface area contributed by atoms with E-state index in [0.29, 0.717) is 6.04 Å². The first-order chi connectivity index (χ1) is 10.1. The van der Waals surface area contributed by atoms with Crippen LogP contribution in [0.1, 0.15) is 50.5 Å². The van der Waals surface area contributed by atoms with Crippen LogP contribution < -0.4 is 10.0 Å². The molecule has 1 heterocycles. The van der Waals surface area contributed by atoms with Crippen molar-refractivity contribution >= 4 is 10.0 Å². The molecule has 2 fully saturated rings. The summed E-state index contributed by atoms with van der Waals surface area (Å²) >= 11 is 0. The molecular formula is C15H23N3O2S. The van der Waals surface area contributed by atoms with Crippen LogP contribution in [0.3, 0.4) is 0 Å². The first-order valence-electron chi connectivity index (χ1n) is 7.84. The minimum Gasteiger partial charge on any atom is -0.310 e. The SMILES string of the molecule is O=S(=O)(NC1CCCCC1)c1ccc(CNC2CC2)cn1. The van der Waals surface area contributed by atoms with Crippen molar-refractivity contribution in [1.82, 2.24) is 15.0 Å². The molecule has 2 N–H and O–H groups in total. The topological polar surface area (TPSA) is 71.1 Å². The van der Waals surface area contributed by atoms with Crippen molar-refractivity contribution in [3.05, 3.63) is 23.9 Å². The fraction of sp³-hybridized carbons (Fsp3) is 0.667. The fourth-order valence-electron chi connectivity index (χ4n) is 2.72. The molecule has 0 atom stereocenters. The molecule has 21 heavy (non-hydrogen) atoms. The van der Waals surface area contributed by atoms with Gasteiger partial charge in [-0.25, -0.2) is 18.1 Å². The van der Waals surface area contributed by atoms with Gasteiger partial charge in [-0.05, 0) is 37.3 Å². The molecule has 3 rings (SSSR count). The molecule has 0 spiro atoms. The number of nitrogens with zero attached hydrogens (tertiary/aromatic N) is 1. The van der Waals surface area contributed by atoms with Gasteiger partial charge in [0.1, 0.15) is 0 Å². The van der Waals surface area contributed by atoms with Gasteiger partial charge in [-0.2, -0.15) is 0 Å². The fourth-order valence-corrected chi connectivity index (χ4v) is 3.96. The van der Waals surface area contributed by atoms with E-state index in [-0.39, 0.29) is 11.1 Å². The Labute approximate surface area is 126 Å². The van der Waals surface area contributed by atoms with Crippen LogP contribution in [0.25, 0.3) is 0 Å².